The third kappa shape index (κ3) is 3.85. The van der Waals surface area contributed by atoms with Crippen LogP contribution in [0.3, 0.4) is 0 Å². The van der Waals surface area contributed by atoms with Crippen molar-refractivity contribution in [1.82, 2.24) is 10.3 Å². The standard InChI is InChI=1S/C20H20ClFN2O/c1-20(2,16-11-23-18-10-14(21)7-8-15(16)18)12-24-19(25)9-13-5-3-4-6-17(13)22/h3-8,10-11,23H,9,12H2,1-2H3,(H,24,25). The third-order valence-electron chi connectivity index (χ3n) is 4.41. The van der Waals surface area contributed by atoms with E-state index < -0.39 is 0 Å². The van der Waals surface area contributed by atoms with Crippen molar-refractivity contribution in [2.75, 3.05) is 6.54 Å². The number of carbonyl (C=O) groups is 1. The minimum atomic E-state index is -0.356. The van der Waals surface area contributed by atoms with E-state index in [2.05, 4.69) is 24.1 Å². The van der Waals surface area contributed by atoms with E-state index in [9.17, 15) is 9.18 Å². The maximum absolute atomic E-state index is 13.7. The van der Waals surface area contributed by atoms with Crippen LogP contribution < -0.4 is 5.32 Å². The molecule has 3 aromatic rings. The van der Waals surface area contributed by atoms with E-state index in [-0.39, 0.29) is 23.6 Å². The zero-order valence-electron chi connectivity index (χ0n) is 14.2. The minimum absolute atomic E-state index is 0.0340. The van der Waals surface area contributed by atoms with E-state index in [1.807, 2.05) is 24.4 Å². The van der Waals surface area contributed by atoms with Gasteiger partial charge in [0.2, 0.25) is 5.91 Å². The highest BCUT2D eigenvalue weighted by molar-refractivity contribution is 6.31. The number of fused-ring (bicyclic) bond motifs is 1. The Balaban J connectivity index is 1.70. The largest absolute Gasteiger partial charge is 0.361 e. The van der Waals surface area contributed by atoms with E-state index in [1.165, 1.54) is 6.07 Å². The summed E-state index contributed by atoms with van der Waals surface area (Å²) >= 11 is 6.03. The van der Waals surface area contributed by atoms with Crippen LogP contribution in [0.1, 0.15) is 25.0 Å². The van der Waals surface area contributed by atoms with Gasteiger partial charge in [-0.15, -0.1) is 0 Å². The predicted molar refractivity (Wildman–Crippen MR) is 99.4 cm³/mol. The van der Waals surface area contributed by atoms with Crippen molar-refractivity contribution in [2.24, 2.45) is 0 Å². The lowest BCUT2D eigenvalue weighted by Crippen LogP contribution is -2.37. The van der Waals surface area contributed by atoms with Gasteiger partial charge in [0.1, 0.15) is 5.82 Å². The van der Waals surface area contributed by atoms with E-state index in [4.69, 9.17) is 11.6 Å². The van der Waals surface area contributed by atoms with Crippen LogP contribution in [0.2, 0.25) is 5.02 Å². The molecule has 0 aliphatic carbocycles. The van der Waals surface area contributed by atoms with Crippen LogP contribution in [0.25, 0.3) is 10.9 Å². The molecule has 1 aromatic heterocycles. The number of carbonyl (C=O) groups excluding carboxylic acids is 1. The Hall–Kier alpha value is -2.33. The summed E-state index contributed by atoms with van der Waals surface area (Å²) in [5.74, 6) is -0.550. The van der Waals surface area contributed by atoms with Crippen molar-refractivity contribution in [3.63, 3.8) is 0 Å². The second kappa shape index (κ2) is 6.89. The van der Waals surface area contributed by atoms with E-state index in [0.717, 1.165) is 16.5 Å². The molecule has 1 heterocycles. The molecule has 0 spiro atoms. The highest BCUT2D eigenvalue weighted by atomic mass is 35.5. The summed E-state index contributed by atoms with van der Waals surface area (Å²) in [5, 5.41) is 4.68. The lowest BCUT2D eigenvalue weighted by Gasteiger charge is -2.25. The molecule has 0 aliphatic rings. The zero-order valence-corrected chi connectivity index (χ0v) is 15.0. The summed E-state index contributed by atoms with van der Waals surface area (Å²) < 4.78 is 13.7. The fourth-order valence-electron chi connectivity index (χ4n) is 2.95. The van der Waals surface area contributed by atoms with E-state index >= 15 is 0 Å². The van der Waals surface area contributed by atoms with Crippen molar-refractivity contribution in [1.29, 1.82) is 0 Å². The Morgan fingerprint density at radius 3 is 2.76 bits per heavy atom. The smallest absolute Gasteiger partial charge is 0.224 e. The van der Waals surface area contributed by atoms with Gasteiger partial charge in [-0.05, 0) is 29.3 Å². The topological polar surface area (TPSA) is 44.9 Å². The van der Waals surface area contributed by atoms with Gasteiger partial charge >= 0.3 is 0 Å². The van der Waals surface area contributed by atoms with Gasteiger partial charge in [0, 0.05) is 34.1 Å². The maximum atomic E-state index is 13.7. The molecule has 0 bridgehead atoms. The molecule has 0 fully saturated rings. The number of amides is 1. The molecule has 1 amide bonds. The fraction of sp³-hybridized carbons (Fsp3) is 0.250. The van der Waals surface area contributed by atoms with Crippen LogP contribution in [-0.2, 0) is 16.6 Å². The zero-order chi connectivity index (χ0) is 18.0. The van der Waals surface area contributed by atoms with E-state index in [0.29, 0.717) is 17.1 Å². The third-order valence-corrected chi connectivity index (χ3v) is 4.64. The minimum Gasteiger partial charge on any atom is -0.361 e. The average molecular weight is 359 g/mol. The van der Waals surface area contributed by atoms with Crippen LogP contribution in [0.15, 0.2) is 48.7 Å². The molecule has 3 rings (SSSR count). The molecule has 2 aromatic carbocycles. The highest BCUT2D eigenvalue weighted by Crippen LogP contribution is 2.31. The van der Waals surface area contributed by atoms with Crippen LogP contribution in [0.4, 0.5) is 4.39 Å². The molecule has 0 unspecified atom stereocenters. The summed E-state index contributed by atoms with van der Waals surface area (Å²) in [6.45, 7) is 4.58. The number of benzene rings is 2. The second-order valence-electron chi connectivity index (χ2n) is 6.82. The first-order valence-electron chi connectivity index (χ1n) is 8.14. The highest BCUT2D eigenvalue weighted by Gasteiger charge is 2.25. The van der Waals surface area contributed by atoms with Gasteiger partial charge in [0.15, 0.2) is 0 Å². The summed E-state index contributed by atoms with van der Waals surface area (Å²) in [6, 6.07) is 12.1. The van der Waals surface area contributed by atoms with Crippen LogP contribution in [0, 0.1) is 5.82 Å². The number of aromatic nitrogens is 1. The normalized spacial score (nSPS) is 11.7. The number of nitrogens with one attached hydrogen (secondary N) is 2. The maximum Gasteiger partial charge on any atom is 0.224 e. The first-order chi connectivity index (χ1) is 11.9. The van der Waals surface area contributed by atoms with Crippen molar-refractivity contribution in [3.8, 4) is 0 Å². The molecular weight excluding hydrogens is 339 g/mol. The molecule has 5 heteroatoms. The van der Waals surface area contributed by atoms with Crippen LogP contribution in [0.5, 0.6) is 0 Å². The van der Waals surface area contributed by atoms with Gasteiger partial charge in [-0.25, -0.2) is 4.39 Å². The average Bonchev–Trinajstić information content (AvgIpc) is 2.99. The fourth-order valence-corrected chi connectivity index (χ4v) is 3.12. The van der Waals surface area contributed by atoms with Gasteiger partial charge < -0.3 is 10.3 Å². The second-order valence-corrected chi connectivity index (χ2v) is 7.26. The van der Waals surface area contributed by atoms with E-state index in [1.54, 1.807) is 18.2 Å². The summed E-state index contributed by atoms with van der Waals surface area (Å²) in [4.78, 5) is 15.4. The summed E-state index contributed by atoms with van der Waals surface area (Å²) in [5.41, 5.74) is 2.19. The van der Waals surface area contributed by atoms with Gasteiger partial charge in [-0.3, -0.25) is 4.79 Å². The lowest BCUT2D eigenvalue weighted by molar-refractivity contribution is -0.120. The Bertz CT molecular complexity index is 917. The Kier molecular flexibility index (Phi) is 4.82. The Morgan fingerprint density at radius 2 is 2.00 bits per heavy atom. The predicted octanol–water partition coefficient (Wildman–Crippen LogP) is 4.60. The molecule has 25 heavy (non-hydrogen) atoms. The van der Waals surface area contributed by atoms with Crippen molar-refractivity contribution >= 4 is 28.4 Å². The molecule has 2 N–H and O–H groups in total. The van der Waals surface area contributed by atoms with Crippen LogP contribution in [-0.4, -0.2) is 17.4 Å². The number of halogens is 2. The number of rotatable bonds is 5. The summed E-state index contributed by atoms with van der Waals surface area (Å²) in [6.07, 6.45) is 1.98. The molecule has 0 atom stereocenters. The molecule has 0 radical (unpaired) electrons. The van der Waals surface area contributed by atoms with Crippen molar-refractivity contribution in [3.05, 3.63) is 70.6 Å². The quantitative estimate of drug-likeness (QED) is 0.688. The number of hydrogen-bond acceptors (Lipinski definition) is 1. The lowest BCUT2D eigenvalue weighted by atomic mass is 9.84. The SMILES string of the molecule is CC(C)(CNC(=O)Cc1ccccc1F)c1c[nH]c2cc(Cl)ccc12. The Morgan fingerprint density at radius 1 is 1.24 bits per heavy atom. The van der Waals surface area contributed by atoms with Gasteiger partial charge in [-0.1, -0.05) is 49.7 Å². The number of H-pyrrole nitrogens is 1. The number of hydrogen-bond donors (Lipinski definition) is 2. The first-order valence-corrected chi connectivity index (χ1v) is 8.52. The van der Waals surface area contributed by atoms with Crippen molar-refractivity contribution in [2.45, 2.75) is 25.7 Å². The van der Waals surface area contributed by atoms with Crippen LogP contribution >= 0.6 is 11.6 Å². The van der Waals surface area contributed by atoms with Gasteiger partial charge in [0.05, 0.1) is 6.42 Å². The van der Waals surface area contributed by atoms with Gasteiger partial charge in [0.25, 0.3) is 0 Å². The monoisotopic (exact) mass is 358 g/mol. The Labute approximate surface area is 151 Å². The molecule has 0 saturated heterocycles. The number of aromatic amines is 1. The van der Waals surface area contributed by atoms with Gasteiger partial charge in [-0.2, -0.15) is 0 Å². The van der Waals surface area contributed by atoms with Crippen molar-refractivity contribution < 1.29 is 9.18 Å². The first kappa shape index (κ1) is 17.5. The molecule has 0 aliphatic heterocycles. The molecule has 3 nitrogen and oxygen atoms in total. The summed E-state index contributed by atoms with van der Waals surface area (Å²) in [7, 11) is 0. The molecule has 0 saturated carbocycles. The molecular formula is C20H20ClFN2O. The molecule has 130 valence electrons.